The van der Waals surface area contributed by atoms with Gasteiger partial charge in [-0.15, -0.1) is 0 Å². The van der Waals surface area contributed by atoms with Gasteiger partial charge in [0, 0.05) is 0 Å². The third-order valence-electron chi connectivity index (χ3n) is 2.51. The molecule has 0 aliphatic heterocycles. The Labute approximate surface area is 103 Å². The average molecular weight is 250 g/mol. The summed E-state index contributed by atoms with van der Waals surface area (Å²) in [5, 5.41) is 2.63. The van der Waals surface area contributed by atoms with Gasteiger partial charge in [0.05, 0.1) is 18.5 Å². The molecule has 0 spiro atoms. The van der Waals surface area contributed by atoms with E-state index in [1.165, 1.54) is 25.3 Å². The molecule has 0 saturated carbocycles. The van der Waals surface area contributed by atoms with Crippen molar-refractivity contribution in [3.05, 3.63) is 48.0 Å². The number of hydrogen-bond donors (Lipinski definition) is 2. The maximum Gasteiger partial charge on any atom is 0.149 e. The zero-order chi connectivity index (χ0) is 13.1. The van der Waals surface area contributed by atoms with E-state index in [1.807, 2.05) is 0 Å². The third-order valence-corrected chi connectivity index (χ3v) is 2.51. The van der Waals surface area contributed by atoms with Crippen molar-refractivity contribution in [3.8, 4) is 5.75 Å². The summed E-state index contributed by atoms with van der Waals surface area (Å²) in [5.41, 5.74) is 6.25. The number of halogens is 2. The molecule has 18 heavy (non-hydrogen) atoms. The van der Waals surface area contributed by atoms with Gasteiger partial charge in [-0.1, -0.05) is 12.1 Å². The highest BCUT2D eigenvalue weighted by Gasteiger charge is 2.11. The van der Waals surface area contributed by atoms with Crippen LogP contribution in [0.4, 0.5) is 25.8 Å². The summed E-state index contributed by atoms with van der Waals surface area (Å²) in [6, 6.07) is 8.59. The van der Waals surface area contributed by atoms with Crippen molar-refractivity contribution in [1.82, 2.24) is 0 Å². The van der Waals surface area contributed by atoms with Crippen LogP contribution in [0.5, 0.6) is 5.75 Å². The highest BCUT2D eigenvalue weighted by Crippen LogP contribution is 2.32. The molecule has 94 valence electrons. The quantitative estimate of drug-likeness (QED) is 0.822. The summed E-state index contributed by atoms with van der Waals surface area (Å²) in [7, 11) is 1.47. The summed E-state index contributed by atoms with van der Waals surface area (Å²) in [4.78, 5) is 0. The predicted octanol–water partition coefficient (Wildman–Crippen LogP) is 3.30. The lowest BCUT2D eigenvalue weighted by Crippen LogP contribution is -2.02. The van der Waals surface area contributed by atoms with E-state index in [9.17, 15) is 8.78 Å². The molecule has 0 fully saturated rings. The van der Waals surface area contributed by atoms with Crippen molar-refractivity contribution in [2.75, 3.05) is 18.2 Å². The van der Waals surface area contributed by atoms with Crippen molar-refractivity contribution in [3.63, 3.8) is 0 Å². The number of para-hydroxylation sites is 2. The molecule has 0 unspecified atom stereocenters. The van der Waals surface area contributed by atoms with Gasteiger partial charge in [0.2, 0.25) is 0 Å². The molecule has 0 aromatic heterocycles. The topological polar surface area (TPSA) is 47.3 Å². The number of rotatable bonds is 3. The third kappa shape index (κ3) is 2.20. The predicted molar refractivity (Wildman–Crippen MR) is 67.0 cm³/mol. The van der Waals surface area contributed by atoms with Crippen LogP contribution < -0.4 is 15.8 Å². The normalized spacial score (nSPS) is 10.2. The molecular weight excluding hydrogens is 238 g/mol. The van der Waals surface area contributed by atoms with Gasteiger partial charge >= 0.3 is 0 Å². The summed E-state index contributed by atoms with van der Waals surface area (Å²) in [6.07, 6.45) is 0. The van der Waals surface area contributed by atoms with Gasteiger partial charge in [-0.2, -0.15) is 0 Å². The number of anilines is 3. The van der Waals surface area contributed by atoms with Crippen LogP contribution in [0.25, 0.3) is 0 Å². The second-order valence-corrected chi connectivity index (χ2v) is 3.64. The van der Waals surface area contributed by atoms with Crippen molar-refractivity contribution in [2.24, 2.45) is 0 Å². The lowest BCUT2D eigenvalue weighted by atomic mass is 10.2. The lowest BCUT2D eigenvalue weighted by molar-refractivity contribution is 0.417. The van der Waals surface area contributed by atoms with E-state index >= 15 is 0 Å². The van der Waals surface area contributed by atoms with Gasteiger partial charge in [-0.25, -0.2) is 8.78 Å². The maximum atomic E-state index is 13.5. The molecule has 0 aliphatic rings. The molecule has 0 amide bonds. The molecule has 0 heterocycles. The van der Waals surface area contributed by atoms with Crippen LogP contribution in [0, 0.1) is 11.6 Å². The Morgan fingerprint density at radius 1 is 1.06 bits per heavy atom. The number of methoxy groups -OCH3 is 1. The zero-order valence-corrected chi connectivity index (χ0v) is 9.71. The van der Waals surface area contributed by atoms with Crippen molar-refractivity contribution < 1.29 is 13.5 Å². The summed E-state index contributed by atoms with van der Waals surface area (Å²) in [6.45, 7) is 0. The standard InChI is InChI=1S/C13H12F2N2O/c1-18-11-7-3-6-10(12(11)16)17-13-8(14)4-2-5-9(13)15/h2-7,17H,16H2,1H3. The molecular formula is C13H12F2N2O. The molecule has 2 aromatic carbocycles. The summed E-state index contributed by atoms with van der Waals surface area (Å²) in [5.74, 6) is -0.925. The van der Waals surface area contributed by atoms with Gasteiger partial charge in [-0.05, 0) is 24.3 Å². The first-order valence-electron chi connectivity index (χ1n) is 5.27. The molecule has 3 nitrogen and oxygen atoms in total. The molecule has 0 atom stereocenters. The molecule has 2 aromatic rings. The Hall–Kier alpha value is -2.30. The largest absolute Gasteiger partial charge is 0.495 e. The van der Waals surface area contributed by atoms with Gasteiger partial charge in [-0.3, -0.25) is 0 Å². The molecule has 0 bridgehead atoms. The van der Waals surface area contributed by atoms with Crippen molar-refractivity contribution >= 4 is 17.1 Å². The summed E-state index contributed by atoms with van der Waals surface area (Å²) < 4.78 is 32.0. The second kappa shape index (κ2) is 4.91. The van der Waals surface area contributed by atoms with E-state index < -0.39 is 11.6 Å². The van der Waals surface area contributed by atoms with E-state index in [-0.39, 0.29) is 5.69 Å². The highest BCUT2D eigenvalue weighted by atomic mass is 19.1. The number of hydrogen-bond acceptors (Lipinski definition) is 3. The lowest BCUT2D eigenvalue weighted by Gasteiger charge is -2.13. The first-order chi connectivity index (χ1) is 8.63. The Morgan fingerprint density at radius 3 is 2.28 bits per heavy atom. The van der Waals surface area contributed by atoms with Crippen LogP contribution in [-0.2, 0) is 0 Å². The molecule has 5 heteroatoms. The molecule has 0 radical (unpaired) electrons. The fraction of sp³-hybridized carbons (Fsp3) is 0.0769. The minimum atomic E-state index is -0.683. The van der Waals surface area contributed by atoms with E-state index in [0.29, 0.717) is 17.1 Å². The van der Waals surface area contributed by atoms with Crippen molar-refractivity contribution in [1.29, 1.82) is 0 Å². The van der Waals surface area contributed by atoms with Gasteiger partial charge < -0.3 is 15.8 Å². The van der Waals surface area contributed by atoms with Crippen LogP contribution in [-0.4, -0.2) is 7.11 Å². The Bertz CT molecular complexity index is 553. The Balaban J connectivity index is 2.40. The molecule has 2 rings (SSSR count). The maximum absolute atomic E-state index is 13.5. The van der Waals surface area contributed by atoms with E-state index in [0.717, 1.165) is 0 Å². The van der Waals surface area contributed by atoms with Crippen LogP contribution >= 0.6 is 0 Å². The zero-order valence-electron chi connectivity index (χ0n) is 9.71. The van der Waals surface area contributed by atoms with E-state index in [2.05, 4.69) is 5.32 Å². The minimum Gasteiger partial charge on any atom is -0.495 e. The number of ether oxygens (including phenoxy) is 1. The molecule has 0 aliphatic carbocycles. The monoisotopic (exact) mass is 250 g/mol. The number of nitrogens with two attached hydrogens (primary N) is 1. The van der Waals surface area contributed by atoms with Crippen LogP contribution in [0.2, 0.25) is 0 Å². The van der Waals surface area contributed by atoms with E-state index in [1.54, 1.807) is 18.2 Å². The highest BCUT2D eigenvalue weighted by molar-refractivity contribution is 5.77. The first kappa shape index (κ1) is 12.2. The Morgan fingerprint density at radius 2 is 1.67 bits per heavy atom. The van der Waals surface area contributed by atoms with Gasteiger partial charge in [0.25, 0.3) is 0 Å². The van der Waals surface area contributed by atoms with Crippen LogP contribution in [0.15, 0.2) is 36.4 Å². The Kier molecular flexibility index (Phi) is 3.32. The smallest absolute Gasteiger partial charge is 0.149 e. The molecule has 3 N–H and O–H groups in total. The van der Waals surface area contributed by atoms with Crippen molar-refractivity contribution in [2.45, 2.75) is 0 Å². The number of benzene rings is 2. The fourth-order valence-corrected chi connectivity index (χ4v) is 1.58. The first-order valence-corrected chi connectivity index (χ1v) is 5.27. The molecule has 0 saturated heterocycles. The van der Waals surface area contributed by atoms with Crippen LogP contribution in [0.1, 0.15) is 0 Å². The second-order valence-electron chi connectivity index (χ2n) is 3.64. The number of nitrogens with one attached hydrogen (secondary N) is 1. The van der Waals surface area contributed by atoms with Crippen LogP contribution in [0.3, 0.4) is 0 Å². The SMILES string of the molecule is COc1cccc(Nc2c(F)cccc2F)c1N. The average Bonchev–Trinajstić information content (AvgIpc) is 2.36. The fourth-order valence-electron chi connectivity index (χ4n) is 1.58. The van der Waals surface area contributed by atoms with Gasteiger partial charge in [0.15, 0.2) is 0 Å². The summed E-state index contributed by atoms with van der Waals surface area (Å²) >= 11 is 0. The van der Waals surface area contributed by atoms with Gasteiger partial charge in [0.1, 0.15) is 23.1 Å². The minimum absolute atomic E-state index is 0.238. The number of nitrogen functional groups attached to an aromatic ring is 1. The van der Waals surface area contributed by atoms with E-state index in [4.69, 9.17) is 10.5 Å².